The van der Waals surface area contributed by atoms with Gasteiger partial charge in [0, 0.05) is 98.2 Å². The summed E-state index contributed by atoms with van der Waals surface area (Å²) in [5.74, 6) is 0.643. The Bertz CT molecular complexity index is 8040. The molecule has 0 aliphatic heterocycles. The van der Waals surface area contributed by atoms with E-state index in [-0.39, 0.29) is 0 Å². The van der Waals surface area contributed by atoms with E-state index in [9.17, 15) is 0 Å². The molecule has 0 atom stereocenters. The van der Waals surface area contributed by atoms with E-state index in [1.807, 2.05) is 36.4 Å². The third-order valence-electron chi connectivity index (χ3n) is 23.1. The van der Waals surface area contributed by atoms with Gasteiger partial charge in [-0.15, -0.1) is 0 Å². The Morgan fingerprint density at radius 2 is 0.500 bits per heavy atom. The highest BCUT2D eigenvalue weighted by atomic mass is 16.3. The fourth-order valence-electron chi connectivity index (χ4n) is 17.7. The molecule has 0 amide bonds. The molecule has 0 bridgehead atoms. The van der Waals surface area contributed by atoms with Crippen LogP contribution in [0, 0.1) is 0 Å². The molecule has 0 saturated heterocycles. The zero-order chi connectivity index (χ0) is 71.8. The minimum absolute atomic E-state index is 0.643. The number of hydrogen-bond donors (Lipinski definition) is 0. The van der Waals surface area contributed by atoms with Crippen LogP contribution in [0.5, 0.6) is 0 Å². The second-order valence-corrected chi connectivity index (χ2v) is 29.1. The van der Waals surface area contributed by atoms with E-state index in [0.29, 0.717) is 5.82 Å². The molecule has 0 aliphatic rings. The molecule has 0 radical (unpaired) electrons. The van der Waals surface area contributed by atoms with Gasteiger partial charge in [0.25, 0.3) is 0 Å². The van der Waals surface area contributed by atoms with Gasteiger partial charge in [0.15, 0.2) is 5.82 Å². The van der Waals surface area contributed by atoms with E-state index in [2.05, 4.69) is 335 Å². The second-order valence-electron chi connectivity index (χ2n) is 29.1. The maximum atomic E-state index is 6.40. The van der Waals surface area contributed by atoms with Gasteiger partial charge in [-0.25, -0.2) is 9.97 Å². The van der Waals surface area contributed by atoms with Crippen LogP contribution in [0.4, 0.5) is 0 Å². The van der Waals surface area contributed by atoms with E-state index >= 15 is 0 Å². The van der Waals surface area contributed by atoms with Crippen molar-refractivity contribution < 1.29 is 13.3 Å². The lowest BCUT2D eigenvalue weighted by molar-refractivity contribution is 0.668. The lowest BCUT2D eigenvalue weighted by Gasteiger charge is -2.14. The molecule has 8 heteroatoms. The Balaban J connectivity index is 0.619. The van der Waals surface area contributed by atoms with Crippen LogP contribution in [0.15, 0.2) is 371 Å². The molecule has 24 rings (SSSR count). The summed E-state index contributed by atoms with van der Waals surface area (Å²) in [5.41, 5.74) is 27.8. The largest absolute Gasteiger partial charge is 0.456 e. The quantitative estimate of drug-likeness (QED) is 0.144. The molecule has 0 saturated carbocycles. The van der Waals surface area contributed by atoms with Crippen LogP contribution in [0.2, 0.25) is 0 Å². The number of para-hydroxylation sites is 6. The Morgan fingerprint density at radius 1 is 0.182 bits per heavy atom. The van der Waals surface area contributed by atoms with Gasteiger partial charge in [0.1, 0.15) is 33.5 Å². The van der Waals surface area contributed by atoms with E-state index in [1.165, 1.54) is 32.3 Å². The Morgan fingerprint density at radius 3 is 0.964 bits per heavy atom. The van der Waals surface area contributed by atoms with Gasteiger partial charge >= 0.3 is 0 Å². The molecule has 8 nitrogen and oxygen atoms in total. The summed E-state index contributed by atoms with van der Waals surface area (Å²) < 4.78 is 26.4. The second kappa shape index (κ2) is 23.3. The van der Waals surface area contributed by atoms with E-state index in [0.717, 1.165) is 199 Å². The molecule has 0 unspecified atom stereocenters. The van der Waals surface area contributed by atoms with Crippen molar-refractivity contribution >= 4 is 153 Å². The van der Waals surface area contributed by atoms with Crippen LogP contribution in [-0.4, -0.2) is 23.7 Å². The van der Waals surface area contributed by atoms with Crippen molar-refractivity contribution in [3.8, 4) is 84.2 Å². The van der Waals surface area contributed by atoms with Crippen LogP contribution < -0.4 is 0 Å². The lowest BCUT2D eigenvalue weighted by Crippen LogP contribution is -1.98. The molecule has 510 valence electrons. The predicted molar refractivity (Wildman–Crippen MR) is 455 cm³/mol. The summed E-state index contributed by atoms with van der Waals surface area (Å²) in [5, 5.41) is 17.1. The molecular formula is C102H59N5O3. The molecule has 7 heterocycles. The molecule has 0 spiro atoms. The summed E-state index contributed by atoms with van der Waals surface area (Å²) in [6, 6.07) is 129. The van der Waals surface area contributed by atoms with Crippen molar-refractivity contribution in [3.63, 3.8) is 0 Å². The SMILES string of the molecule is c1ccc2c(c1)oc1cc(-c3ccc4c5ccccc5n(-c5ccc(-c6ccc7nc(-c8ccc(-n9c%10ccccc%10c%10ccc(-c%11ccc%12c(c%11)oc%11ccccc%11%12)cc%109)cc8)nc(-c8ccc9cc(-n%10c%11ccccc%11c%11ccc(-c%12ccc%13c(c%12)oc%12ccccc%12%13)cc%11%10)ccc9c8)c7c6)cc5)c4c3)ccc12. The maximum absolute atomic E-state index is 6.40. The minimum atomic E-state index is 0.643. The van der Waals surface area contributed by atoms with Crippen molar-refractivity contribution in [2.24, 2.45) is 0 Å². The van der Waals surface area contributed by atoms with Gasteiger partial charge in [0.2, 0.25) is 0 Å². The first kappa shape index (κ1) is 60.4. The van der Waals surface area contributed by atoms with Crippen LogP contribution in [-0.2, 0) is 0 Å². The smallest absolute Gasteiger partial charge is 0.160 e. The zero-order valence-electron chi connectivity index (χ0n) is 59.0. The number of benzene rings is 17. The van der Waals surface area contributed by atoms with Crippen molar-refractivity contribution in [2.45, 2.75) is 0 Å². The van der Waals surface area contributed by atoms with Crippen LogP contribution in [0.3, 0.4) is 0 Å². The van der Waals surface area contributed by atoms with E-state index in [4.69, 9.17) is 23.2 Å². The lowest BCUT2D eigenvalue weighted by atomic mass is 9.98. The summed E-state index contributed by atoms with van der Waals surface area (Å²) in [6.45, 7) is 0. The predicted octanol–water partition coefficient (Wildman–Crippen LogP) is 27.8. The van der Waals surface area contributed by atoms with Gasteiger partial charge in [0.05, 0.1) is 44.3 Å². The van der Waals surface area contributed by atoms with Gasteiger partial charge in [-0.3, -0.25) is 0 Å². The molecular weight excluding hydrogens is 1340 g/mol. The standard InChI is InChI=1S/C102H59N5O3/c1-7-19-89-75(13-1)78-44-32-65(68-35-47-84-81-16-4-10-22-95(81)108-98(84)57-68)54-92(78)105(89)72-39-27-60(28-40-72)64-38-50-88-87(53-64)101(104-102(103-88)61-29-41-73(42-30-61)106-90-20-8-2-14-76(90)79-45-33-66(55-93(79)106)69-36-48-85-82-17-5-11-23-96(82)109-99(85)58-69)71-26-25-63-52-74(43-31-62(63)51-71)107-91-21-9-3-15-77(91)80-46-34-67(56-94(80)107)70-37-49-86-83-18-6-12-24-97(83)110-100(86)59-70/h1-59H. The van der Waals surface area contributed by atoms with Gasteiger partial charge < -0.3 is 27.0 Å². The Kier molecular flexibility index (Phi) is 12.8. The van der Waals surface area contributed by atoms with Gasteiger partial charge in [-0.05, 0) is 213 Å². The number of hydrogen-bond acceptors (Lipinski definition) is 5. The first-order valence-electron chi connectivity index (χ1n) is 37.4. The number of fused-ring (bicyclic) bond motifs is 20. The average Bonchev–Trinajstić information content (AvgIpc) is 1.55. The Labute approximate surface area is 628 Å². The van der Waals surface area contributed by atoms with Crippen LogP contribution in [0.25, 0.3) is 237 Å². The highest BCUT2D eigenvalue weighted by Crippen LogP contribution is 2.44. The fraction of sp³-hybridized carbons (Fsp3) is 0. The normalized spacial score (nSPS) is 12.2. The zero-order valence-corrected chi connectivity index (χ0v) is 59.0. The summed E-state index contributed by atoms with van der Waals surface area (Å²) in [6.07, 6.45) is 0. The highest BCUT2D eigenvalue weighted by molar-refractivity contribution is 6.15. The first-order valence-corrected chi connectivity index (χ1v) is 37.4. The molecule has 110 heavy (non-hydrogen) atoms. The van der Waals surface area contributed by atoms with Crippen molar-refractivity contribution in [1.82, 2.24) is 23.7 Å². The third-order valence-corrected chi connectivity index (χ3v) is 23.1. The summed E-state index contributed by atoms with van der Waals surface area (Å²) in [7, 11) is 0. The number of furan rings is 3. The highest BCUT2D eigenvalue weighted by Gasteiger charge is 2.22. The van der Waals surface area contributed by atoms with Gasteiger partial charge in [-0.2, -0.15) is 0 Å². The fourth-order valence-corrected chi connectivity index (χ4v) is 17.7. The summed E-state index contributed by atoms with van der Waals surface area (Å²) in [4.78, 5) is 11.1. The molecule has 7 aromatic heterocycles. The molecule has 24 aromatic rings. The van der Waals surface area contributed by atoms with Crippen LogP contribution >= 0.6 is 0 Å². The van der Waals surface area contributed by atoms with Crippen molar-refractivity contribution in [1.29, 1.82) is 0 Å². The molecule has 0 aliphatic carbocycles. The summed E-state index contributed by atoms with van der Waals surface area (Å²) >= 11 is 0. The van der Waals surface area contributed by atoms with Crippen LogP contribution in [0.1, 0.15) is 0 Å². The van der Waals surface area contributed by atoms with Crippen molar-refractivity contribution in [3.05, 3.63) is 358 Å². The Hall–Kier alpha value is -14.9. The molecule has 0 N–H and O–H groups in total. The first-order chi connectivity index (χ1) is 54.4. The van der Waals surface area contributed by atoms with E-state index in [1.54, 1.807) is 0 Å². The topological polar surface area (TPSA) is 80.0 Å². The van der Waals surface area contributed by atoms with Crippen molar-refractivity contribution in [2.75, 3.05) is 0 Å². The molecule has 17 aromatic carbocycles. The third kappa shape index (κ3) is 9.27. The number of rotatable bonds is 9. The average molecular weight is 1400 g/mol. The number of aromatic nitrogens is 5. The maximum Gasteiger partial charge on any atom is 0.160 e. The monoisotopic (exact) mass is 1400 g/mol. The minimum Gasteiger partial charge on any atom is -0.456 e. The van der Waals surface area contributed by atoms with E-state index < -0.39 is 0 Å². The number of nitrogens with zero attached hydrogens (tertiary/aromatic N) is 5. The van der Waals surface area contributed by atoms with Gasteiger partial charge in [-0.1, -0.05) is 200 Å². The molecule has 0 fully saturated rings.